The number of phenolic OH excluding ortho intramolecular Hbond substituents is 1. The zero-order chi connectivity index (χ0) is 13.9. The quantitative estimate of drug-likeness (QED) is 0.859. The Bertz CT molecular complexity index is 467. The number of aryl methyl sites for hydroxylation is 1. The molecule has 0 aliphatic carbocycles. The lowest BCUT2D eigenvalue weighted by Crippen LogP contribution is -2.45. The van der Waals surface area contributed by atoms with Gasteiger partial charge >= 0.3 is 0 Å². The monoisotopic (exact) mass is 265 g/mol. The van der Waals surface area contributed by atoms with Crippen LogP contribution in [0.1, 0.15) is 22.3 Å². The van der Waals surface area contributed by atoms with Crippen LogP contribution in [0.2, 0.25) is 0 Å². The molecule has 1 fully saturated rings. The third kappa shape index (κ3) is 3.05. The van der Waals surface area contributed by atoms with Gasteiger partial charge in [0.15, 0.2) is 0 Å². The number of amides is 1. The second-order valence-electron chi connectivity index (χ2n) is 4.87. The first-order valence-electron chi connectivity index (χ1n) is 6.27. The molecule has 2 rings (SSSR count). The van der Waals surface area contributed by atoms with Gasteiger partial charge in [-0.2, -0.15) is 0 Å². The number of rotatable bonds is 4. The van der Waals surface area contributed by atoms with Crippen molar-refractivity contribution in [3.05, 3.63) is 29.3 Å². The molecule has 1 aliphatic heterocycles. The van der Waals surface area contributed by atoms with Crippen molar-refractivity contribution in [3.8, 4) is 5.75 Å². The summed E-state index contributed by atoms with van der Waals surface area (Å²) in [6.45, 7) is 3.32. The van der Waals surface area contributed by atoms with Gasteiger partial charge in [-0.1, -0.05) is 6.07 Å². The molecule has 0 saturated carbocycles. The summed E-state index contributed by atoms with van der Waals surface area (Å²) in [6, 6.07) is 4.87. The molecule has 5 nitrogen and oxygen atoms in total. The molecule has 104 valence electrons. The molecule has 2 N–H and O–H groups in total. The van der Waals surface area contributed by atoms with Gasteiger partial charge in [0.25, 0.3) is 5.91 Å². The summed E-state index contributed by atoms with van der Waals surface area (Å²) < 4.78 is 10.7. The first-order valence-corrected chi connectivity index (χ1v) is 6.27. The summed E-state index contributed by atoms with van der Waals surface area (Å²) in [5.41, 5.74) is 0.755. The number of phenols is 1. The first kappa shape index (κ1) is 13.8. The topological polar surface area (TPSA) is 67.8 Å². The number of carbonyl (C=O) groups is 1. The second-order valence-corrected chi connectivity index (χ2v) is 4.87. The highest BCUT2D eigenvalue weighted by Gasteiger charge is 2.35. The molecular formula is C14H19NO4. The summed E-state index contributed by atoms with van der Waals surface area (Å²) in [5.74, 6) is -0.100. The Morgan fingerprint density at radius 3 is 2.95 bits per heavy atom. The van der Waals surface area contributed by atoms with E-state index in [0.29, 0.717) is 25.3 Å². The van der Waals surface area contributed by atoms with Gasteiger partial charge in [-0.15, -0.1) is 0 Å². The molecule has 1 unspecified atom stereocenters. The van der Waals surface area contributed by atoms with Gasteiger partial charge in [0, 0.05) is 32.2 Å². The predicted octanol–water partition coefficient (Wildman–Crippen LogP) is 1.24. The fourth-order valence-corrected chi connectivity index (χ4v) is 2.06. The van der Waals surface area contributed by atoms with E-state index in [1.54, 1.807) is 26.2 Å². The molecule has 1 aliphatic rings. The van der Waals surface area contributed by atoms with Crippen molar-refractivity contribution in [2.75, 3.05) is 26.9 Å². The Balaban J connectivity index is 1.99. The minimum absolute atomic E-state index is 0.123. The van der Waals surface area contributed by atoms with Crippen LogP contribution in [-0.2, 0) is 9.47 Å². The minimum Gasteiger partial charge on any atom is -0.508 e. The standard InChI is InChI=1S/C14H19NO4/c1-10-3-4-11(7-12(10)16)13(17)15-8-14(18-2)5-6-19-9-14/h3-4,7,16H,5-6,8-9H2,1-2H3,(H,15,17). The number of methoxy groups -OCH3 is 1. The SMILES string of the molecule is COC1(CNC(=O)c2ccc(C)c(O)c2)CCOC1. The highest BCUT2D eigenvalue weighted by atomic mass is 16.5. The van der Waals surface area contributed by atoms with Gasteiger partial charge in [0.1, 0.15) is 11.4 Å². The highest BCUT2D eigenvalue weighted by Crippen LogP contribution is 2.22. The summed E-state index contributed by atoms with van der Waals surface area (Å²) in [7, 11) is 1.62. The van der Waals surface area contributed by atoms with E-state index in [4.69, 9.17) is 9.47 Å². The zero-order valence-electron chi connectivity index (χ0n) is 11.2. The van der Waals surface area contributed by atoms with E-state index >= 15 is 0 Å². The molecule has 0 spiro atoms. The van der Waals surface area contributed by atoms with Gasteiger partial charge in [-0.05, 0) is 24.6 Å². The van der Waals surface area contributed by atoms with Crippen molar-refractivity contribution < 1.29 is 19.4 Å². The molecule has 5 heteroatoms. The number of nitrogens with one attached hydrogen (secondary N) is 1. The van der Waals surface area contributed by atoms with Gasteiger partial charge < -0.3 is 19.9 Å². The number of aromatic hydroxyl groups is 1. The van der Waals surface area contributed by atoms with Gasteiger partial charge in [0.2, 0.25) is 0 Å². The van der Waals surface area contributed by atoms with E-state index in [1.165, 1.54) is 6.07 Å². The fourth-order valence-electron chi connectivity index (χ4n) is 2.06. The first-order chi connectivity index (χ1) is 9.06. The number of ether oxygens (including phenoxy) is 2. The van der Waals surface area contributed by atoms with Crippen LogP contribution in [-0.4, -0.2) is 43.5 Å². The third-order valence-electron chi connectivity index (χ3n) is 3.54. The molecule has 0 bridgehead atoms. The molecule has 1 atom stereocenters. The van der Waals surface area contributed by atoms with Crippen molar-refractivity contribution in [2.45, 2.75) is 18.9 Å². The molecular weight excluding hydrogens is 246 g/mol. The predicted molar refractivity (Wildman–Crippen MR) is 70.4 cm³/mol. The average molecular weight is 265 g/mol. The van der Waals surface area contributed by atoms with E-state index in [9.17, 15) is 9.90 Å². The lowest BCUT2D eigenvalue weighted by molar-refractivity contribution is -0.0148. The van der Waals surface area contributed by atoms with Crippen LogP contribution >= 0.6 is 0 Å². The van der Waals surface area contributed by atoms with Crippen LogP contribution < -0.4 is 5.32 Å². The molecule has 1 amide bonds. The average Bonchev–Trinajstić information content (AvgIpc) is 2.89. The lowest BCUT2D eigenvalue weighted by atomic mass is 10.0. The molecule has 0 aromatic heterocycles. The highest BCUT2D eigenvalue weighted by molar-refractivity contribution is 5.94. The van der Waals surface area contributed by atoms with Crippen LogP contribution in [0.4, 0.5) is 0 Å². The van der Waals surface area contributed by atoms with Crippen LogP contribution in [0.3, 0.4) is 0 Å². The Labute approximate surface area is 112 Å². The summed E-state index contributed by atoms with van der Waals surface area (Å²) in [4.78, 5) is 12.0. The van der Waals surface area contributed by atoms with Gasteiger partial charge in [0.05, 0.1) is 6.61 Å². The summed E-state index contributed by atoms with van der Waals surface area (Å²) in [5, 5.41) is 12.4. The summed E-state index contributed by atoms with van der Waals surface area (Å²) >= 11 is 0. The lowest BCUT2D eigenvalue weighted by Gasteiger charge is -2.25. The maximum atomic E-state index is 12.0. The van der Waals surface area contributed by atoms with E-state index in [1.807, 2.05) is 0 Å². The molecule has 19 heavy (non-hydrogen) atoms. The van der Waals surface area contributed by atoms with Crippen molar-refractivity contribution in [1.29, 1.82) is 0 Å². The van der Waals surface area contributed by atoms with E-state index in [0.717, 1.165) is 12.0 Å². The van der Waals surface area contributed by atoms with Gasteiger partial charge in [-0.25, -0.2) is 0 Å². The number of hydrogen-bond acceptors (Lipinski definition) is 4. The fraction of sp³-hybridized carbons (Fsp3) is 0.500. The van der Waals surface area contributed by atoms with E-state index in [2.05, 4.69) is 5.32 Å². The number of carbonyl (C=O) groups excluding carboxylic acids is 1. The Morgan fingerprint density at radius 1 is 1.58 bits per heavy atom. The summed E-state index contributed by atoms with van der Waals surface area (Å²) in [6.07, 6.45) is 0.767. The van der Waals surface area contributed by atoms with Crippen LogP contribution in [0.5, 0.6) is 5.75 Å². The smallest absolute Gasteiger partial charge is 0.251 e. The maximum Gasteiger partial charge on any atom is 0.251 e. The molecule has 1 heterocycles. The van der Waals surface area contributed by atoms with Gasteiger partial charge in [-0.3, -0.25) is 4.79 Å². The van der Waals surface area contributed by atoms with Crippen molar-refractivity contribution in [1.82, 2.24) is 5.32 Å². The van der Waals surface area contributed by atoms with E-state index in [-0.39, 0.29) is 11.7 Å². The number of hydrogen-bond donors (Lipinski definition) is 2. The Kier molecular flexibility index (Phi) is 4.07. The van der Waals surface area contributed by atoms with Crippen molar-refractivity contribution in [2.24, 2.45) is 0 Å². The van der Waals surface area contributed by atoms with E-state index < -0.39 is 5.60 Å². The number of benzene rings is 1. The minimum atomic E-state index is -0.428. The Morgan fingerprint density at radius 2 is 2.37 bits per heavy atom. The molecule has 1 saturated heterocycles. The Hall–Kier alpha value is -1.59. The van der Waals surface area contributed by atoms with Crippen LogP contribution in [0, 0.1) is 6.92 Å². The molecule has 1 aromatic carbocycles. The normalized spacial score (nSPS) is 22.4. The zero-order valence-corrected chi connectivity index (χ0v) is 11.2. The van der Waals surface area contributed by atoms with Crippen molar-refractivity contribution in [3.63, 3.8) is 0 Å². The van der Waals surface area contributed by atoms with Crippen LogP contribution in [0.25, 0.3) is 0 Å². The maximum absolute atomic E-state index is 12.0. The second kappa shape index (κ2) is 5.59. The molecule has 0 radical (unpaired) electrons. The van der Waals surface area contributed by atoms with Crippen molar-refractivity contribution >= 4 is 5.91 Å². The third-order valence-corrected chi connectivity index (χ3v) is 3.54. The van der Waals surface area contributed by atoms with Crippen LogP contribution in [0.15, 0.2) is 18.2 Å². The largest absolute Gasteiger partial charge is 0.508 e. The molecule has 1 aromatic rings.